The van der Waals surface area contributed by atoms with Gasteiger partial charge >= 0.3 is 0 Å². The molecule has 2 N–H and O–H groups in total. The number of aryl methyl sites for hydroxylation is 2. The lowest BCUT2D eigenvalue weighted by Crippen LogP contribution is -2.43. The monoisotopic (exact) mass is 308 g/mol. The number of rotatable bonds is 6. The first-order chi connectivity index (χ1) is 10.6. The third kappa shape index (κ3) is 4.32. The minimum Gasteiger partial charge on any atom is -0.388 e. The summed E-state index contributed by atoms with van der Waals surface area (Å²) in [6.45, 7) is 4.35. The molecule has 0 atom stereocenters. The van der Waals surface area contributed by atoms with Gasteiger partial charge in [0, 0.05) is 18.5 Å². The fraction of sp³-hybridized carbons (Fsp3) is 0.765. The molecule has 0 aliphatic heterocycles. The van der Waals surface area contributed by atoms with Gasteiger partial charge in [0.15, 0.2) is 0 Å². The molecule has 1 aromatic heterocycles. The predicted octanol–water partition coefficient (Wildman–Crippen LogP) is 2.54. The largest absolute Gasteiger partial charge is 0.388 e. The molecule has 1 amide bonds. The van der Waals surface area contributed by atoms with Crippen LogP contribution in [0.5, 0.6) is 0 Å². The minimum absolute atomic E-state index is 0.0646. The van der Waals surface area contributed by atoms with Crippen LogP contribution >= 0.6 is 0 Å². The third-order valence-electron chi connectivity index (χ3n) is 4.59. The fourth-order valence-corrected chi connectivity index (χ4v) is 3.19. The topological polar surface area (TPSA) is 75.4 Å². The molecule has 0 bridgehead atoms. The molecular weight excluding hydrogens is 280 g/mol. The highest BCUT2D eigenvalue weighted by molar-refractivity contribution is 5.79. The van der Waals surface area contributed by atoms with Crippen LogP contribution < -0.4 is 5.32 Å². The number of hydrogen-bond acceptors (Lipinski definition) is 4. The molecule has 5 heteroatoms. The standard InChI is InChI=1S/C17H28N2O3/c1-3-14-13(15(4-2)22-19-14)11-16(20)18-12-17(21)9-7-5-6-8-10-17/h21H,3-12H2,1-2H3,(H,18,20). The molecule has 1 heterocycles. The molecular formula is C17H28N2O3. The maximum Gasteiger partial charge on any atom is 0.224 e. The van der Waals surface area contributed by atoms with Crippen LogP contribution in [0.1, 0.15) is 69.4 Å². The average Bonchev–Trinajstić information content (AvgIpc) is 2.77. The molecule has 2 rings (SSSR count). The van der Waals surface area contributed by atoms with E-state index in [9.17, 15) is 9.90 Å². The number of aromatic nitrogens is 1. The van der Waals surface area contributed by atoms with Crippen molar-refractivity contribution >= 4 is 5.91 Å². The van der Waals surface area contributed by atoms with Crippen LogP contribution in [0.3, 0.4) is 0 Å². The molecule has 124 valence electrons. The van der Waals surface area contributed by atoms with Crippen molar-refractivity contribution in [3.8, 4) is 0 Å². The summed E-state index contributed by atoms with van der Waals surface area (Å²) in [6.07, 6.45) is 7.77. The summed E-state index contributed by atoms with van der Waals surface area (Å²) >= 11 is 0. The molecule has 1 aromatic rings. The number of hydrogen-bond donors (Lipinski definition) is 2. The Kier molecular flexibility index (Phi) is 6.00. The Morgan fingerprint density at radius 2 is 1.91 bits per heavy atom. The zero-order valence-corrected chi connectivity index (χ0v) is 13.8. The summed E-state index contributed by atoms with van der Waals surface area (Å²) < 4.78 is 5.29. The smallest absolute Gasteiger partial charge is 0.224 e. The molecule has 22 heavy (non-hydrogen) atoms. The molecule has 0 saturated heterocycles. The second-order valence-corrected chi connectivity index (χ2v) is 6.33. The van der Waals surface area contributed by atoms with Crippen LogP contribution in [-0.2, 0) is 24.1 Å². The van der Waals surface area contributed by atoms with Crippen molar-refractivity contribution in [1.82, 2.24) is 10.5 Å². The van der Waals surface area contributed by atoms with Crippen molar-refractivity contribution in [2.75, 3.05) is 6.54 Å². The van der Waals surface area contributed by atoms with E-state index in [4.69, 9.17) is 4.52 Å². The van der Waals surface area contributed by atoms with Crippen molar-refractivity contribution < 1.29 is 14.4 Å². The summed E-state index contributed by atoms with van der Waals surface area (Å²) in [5, 5.41) is 17.5. The van der Waals surface area contributed by atoms with Crippen molar-refractivity contribution in [3.05, 3.63) is 17.0 Å². The number of aliphatic hydroxyl groups is 1. The van der Waals surface area contributed by atoms with Crippen LogP contribution in [-0.4, -0.2) is 28.3 Å². The van der Waals surface area contributed by atoms with E-state index < -0.39 is 5.60 Å². The normalized spacial score (nSPS) is 18.0. The SMILES string of the molecule is CCc1noc(CC)c1CC(=O)NCC1(O)CCCCCC1. The first kappa shape index (κ1) is 17.0. The van der Waals surface area contributed by atoms with Gasteiger partial charge in [0.2, 0.25) is 5.91 Å². The molecule has 0 aromatic carbocycles. The number of nitrogens with one attached hydrogen (secondary N) is 1. The Labute approximate surface area is 132 Å². The van der Waals surface area contributed by atoms with E-state index in [1.165, 1.54) is 12.8 Å². The Morgan fingerprint density at radius 1 is 1.23 bits per heavy atom. The molecule has 0 unspecified atom stereocenters. The lowest BCUT2D eigenvalue weighted by molar-refractivity contribution is -0.121. The van der Waals surface area contributed by atoms with Crippen molar-refractivity contribution in [3.63, 3.8) is 0 Å². The van der Waals surface area contributed by atoms with E-state index in [2.05, 4.69) is 10.5 Å². The Balaban J connectivity index is 1.91. The fourth-order valence-electron chi connectivity index (χ4n) is 3.19. The van der Waals surface area contributed by atoms with Crippen molar-refractivity contribution in [1.29, 1.82) is 0 Å². The van der Waals surface area contributed by atoms with Gasteiger partial charge in [0.05, 0.1) is 17.7 Å². The van der Waals surface area contributed by atoms with Gasteiger partial charge < -0.3 is 14.9 Å². The molecule has 0 radical (unpaired) electrons. The van der Waals surface area contributed by atoms with Gasteiger partial charge in [0.1, 0.15) is 5.76 Å². The van der Waals surface area contributed by atoms with Gasteiger partial charge in [-0.15, -0.1) is 0 Å². The quantitative estimate of drug-likeness (QED) is 0.792. The highest BCUT2D eigenvalue weighted by Gasteiger charge is 2.28. The van der Waals surface area contributed by atoms with Crippen molar-refractivity contribution in [2.24, 2.45) is 0 Å². The third-order valence-corrected chi connectivity index (χ3v) is 4.59. The maximum atomic E-state index is 12.2. The number of nitrogens with zero attached hydrogens (tertiary/aromatic N) is 1. The van der Waals surface area contributed by atoms with Gasteiger partial charge in [-0.25, -0.2) is 0 Å². The number of carbonyl (C=O) groups is 1. The van der Waals surface area contributed by atoms with E-state index in [0.717, 1.165) is 55.5 Å². The number of amides is 1. The van der Waals surface area contributed by atoms with Gasteiger partial charge in [-0.2, -0.15) is 0 Å². The van der Waals surface area contributed by atoms with Crippen LogP contribution in [0.15, 0.2) is 4.52 Å². The molecule has 1 aliphatic rings. The highest BCUT2D eigenvalue weighted by Crippen LogP contribution is 2.26. The highest BCUT2D eigenvalue weighted by atomic mass is 16.5. The van der Waals surface area contributed by atoms with Crippen LogP contribution in [0.2, 0.25) is 0 Å². The predicted molar refractivity (Wildman–Crippen MR) is 84.6 cm³/mol. The molecule has 5 nitrogen and oxygen atoms in total. The van der Waals surface area contributed by atoms with Gasteiger partial charge in [-0.3, -0.25) is 4.79 Å². The first-order valence-corrected chi connectivity index (χ1v) is 8.53. The summed E-state index contributed by atoms with van der Waals surface area (Å²) in [6, 6.07) is 0. The average molecular weight is 308 g/mol. The van der Waals surface area contributed by atoms with Crippen LogP contribution in [0, 0.1) is 0 Å². The van der Waals surface area contributed by atoms with E-state index in [1.54, 1.807) is 0 Å². The summed E-state index contributed by atoms with van der Waals surface area (Å²) in [7, 11) is 0. The van der Waals surface area contributed by atoms with E-state index >= 15 is 0 Å². The summed E-state index contributed by atoms with van der Waals surface area (Å²) in [5.74, 6) is 0.727. The Bertz CT molecular complexity index is 467. The Morgan fingerprint density at radius 3 is 2.50 bits per heavy atom. The Hall–Kier alpha value is -1.36. The van der Waals surface area contributed by atoms with Crippen LogP contribution in [0.4, 0.5) is 0 Å². The molecule has 1 fully saturated rings. The van der Waals surface area contributed by atoms with E-state index in [0.29, 0.717) is 6.54 Å². The van der Waals surface area contributed by atoms with Gasteiger partial charge in [-0.05, 0) is 19.3 Å². The molecule has 1 saturated carbocycles. The van der Waals surface area contributed by atoms with E-state index in [1.807, 2.05) is 13.8 Å². The van der Waals surface area contributed by atoms with Crippen molar-refractivity contribution in [2.45, 2.75) is 77.2 Å². The van der Waals surface area contributed by atoms with E-state index in [-0.39, 0.29) is 12.3 Å². The summed E-state index contributed by atoms with van der Waals surface area (Å²) in [4.78, 5) is 12.2. The lowest BCUT2D eigenvalue weighted by atomic mass is 9.94. The second kappa shape index (κ2) is 7.77. The number of carbonyl (C=O) groups excluding carboxylic acids is 1. The van der Waals surface area contributed by atoms with Crippen LogP contribution in [0.25, 0.3) is 0 Å². The van der Waals surface area contributed by atoms with Gasteiger partial charge in [0.25, 0.3) is 0 Å². The minimum atomic E-state index is -0.734. The lowest BCUT2D eigenvalue weighted by Gasteiger charge is -2.26. The molecule has 0 spiro atoms. The molecule has 1 aliphatic carbocycles. The zero-order chi connectivity index (χ0) is 16.0. The first-order valence-electron chi connectivity index (χ1n) is 8.53. The maximum absolute atomic E-state index is 12.2. The zero-order valence-electron chi connectivity index (χ0n) is 13.8. The van der Waals surface area contributed by atoms with Gasteiger partial charge in [-0.1, -0.05) is 44.7 Å². The summed E-state index contributed by atoms with van der Waals surface area (Å²) in [5.41, 5.74) is 1.04. The second-order valence-electron chi connectivity index (χ2n) is 6.33.